The molecule has 0 aliphatic carbocycles. The number of carbonyl (C=O) groups excluding carboxylic acids is 1. The molecule has 0 saturated carbocycles. The van der Waals surface area contributed by atoms with Gasteiger partial charge in [-0.05, 0) is 52.9 Å². The number of hydrogen-bond acceptors (Lipinski definition) is 2. The van der Waals surface area contributed by atoms with Crippen molar-refractivity contribution >= 4 is 50.8 Å². The third kappa shape index (κ3) is 2.36. The van der Waals surface area contributed by atoms with Crippen LogP contribution in [0.25, 0.3) is 10.9 Å². The second kappa shape index (κ2) is 5.16. The van der Waals surface area contributed by atoms with Crippen LogP contribution in [0.2, 0.25) is 0 Å². The molecule has 1 amide bonds. The Morgan fingerprint density at radius 2 is 2.00 bits per heavy atom. The van der Waals surface area contributed by atoms with Crippen molar-refractivity contribution in [2.24, 2.45) is 0 Å². The van der Waals surface area contributed by atoms with E-state index in [-0.39, 0.29) is 5.91 Å². The zero-order chi connectivity index (χ0) is 14.1. The lowest BCUT2D eigenvalue weighted by Crippen LogP contribution is -2.12. The number of para-hydroxylation sites is 1. The summed E-state index contributed by atoms with van der Waals surface area (Å²) in [5.74, 6) is -0.147. The van der Waals surface area contributed by atoms with Crippen molar-refractivity contribution in [3.8, 4) is 0 Å². The van der Waals surface area contributed by atoms with Crippen molar-refractivity contribution in [2.75, 3.05) is 11.1 Å². The van der Waals surface area contributed by atoms with Crippen molar-refractivity contribution < 1.29 is 4.79 Å². The van der Waals surface area contributed by atoms with Crippen LogP contribution in [-0.2, 0) is 0 Å². The van der Waals surface area contributed by atoms with Crippen LogP contribution in [0.4, 0.5) is 11.4 Å². The number of halogens is 1. The van der Waals surface area contributed by atoms with Gasteiger partial charge in [0.25, 0.3) is 5.91 Å². The highest BCUT2D eigenvalue weighted by atomic mass is 127. The van der Waals surface area contributed by atoms with Crippen LogP contribution in [0, 0.1) is 3.57 Å². The zero-order valence-electron chi connectivity index (χ0n) is 10.5. The SMILES string of the molecule is Nc1ccc2[nH]cc(C(=O)Nc3ccccc3I)c2c1. The van der Waals surface area contributed by atoms with E-state index < -0.39 is 0 Å². The molecule has 5 heteroatoms. The lowest BCUT2D eigenvalue weighted by Gasteiger charge is -2.06. The van der Waals surface area contributed by atoms with Gasteiger partial charge in [-0.3, -0.25) is 4.79 Å². The van der Waals surface area contributed by atoms with Crippen molar-refractivity contribution in [3.05, 3.63) is 57.8 Å². The zero-order valence-corrected chi connectivity index (χ0v) is 12.6. The van der Waals surface area contributed by atoms with Crippen molar-refractivity contribution in [3.63, 3.8) is 0 Å². The minimum Gasteiger partial charge on any atom is -0.399 e. The fourth-order valence-electron chi connectivity index (χ4n) is 2.08. The van der Waals surface area contributed by atoms with Gasteiger partial charge < -0.3 is 16.0 Å². The summed E-state index contributed by atoms with van der Waals surface area (Å²) in [6.45, 7) is 0. The molecule has 1 heterocycles. The lowest BCUT2D eigenvalue weighted by atomic mass is 10.1. The Hall–Kier alpha value is -2.02. The minimum absolute atomic E-state index is 0.147. The number of rotatable bonds is 2. The van der Waals surface area contributed by atoms with E-state index in [4.69, 9.17) is 5.73 Å². The molecule has 0 saturated heterocycles. The van der Waals surface area contributed by atoms with Gasteiger partial charge in [0, 0.05) is 26.4 Å². The predicted octanol–water partition coefficient (Wildman–Crippen LogP) is 3.61. The minimum atomic E-state index is -0.147. The van der Waals surface area contributed by atoms with Crippen LogP contribution < -0.4 is 11.1 Å². The number of nitrogens with one attached hydrogen (secondary N) is 2. The normalized spacial score (nSPS) is 10.7. The molecular formula is C15H12IN3O. The monoisotopic (exact) mass is 377 g/mol. The number of carbonyl (C=O) groups is 1. The van der Waals surface area contributed by atoms with Crippen molar-refractivity contribution in [1.29, 1.82) is 0 Å². The molecule has 3 rings (SSSR count). The van der Waals surface area contributed by atoms with E-state index in [0.717, 1.165) is 20.2 Å². The molecule has 0 aliphatic heterocycles. The van der Waals surface area contributed by atoms with Crippen molar-refractivity contribution in [2.45, 2.75) is 0 Å². The Balaban J connectivity index is 1.97. The molecular weight excluding hydrogens is 365 g/mol. The fraction of sp³-hybridized carbons (Fsp3) is 0. The number of aromatic amines is 1. The standard InChI is InChI=1S/C15H12IN3O/c16-12-3-1-2-4-14(12)19-15(20)11-8-18-13-6-5-9(17)7-10(11)13/h1-8,18H,17H2,(H,19,20). The highest BCUT2D eigenvalue weighted by Crippen LogP contribution is 2.23. The maximum atomic E-state index is 12.4. The van der Waals surface area contributed by atoms with E-state index in [0.29, 0.717) is 11.3 Å². The second-order valence-corrected chi connectivity index (χ2v) is 5.60. The van der Waals surface area contributed by atoms with Gasteiger partial charge in [0.1, 0.15) is 0 Å². The summed E-state index contributed by atoms with van der Waals surface area (Å²) in [6.07, 6.45) is 1.70. The summed E-state index contributed by atoms with van der Waals surface area (Å²) in [4.78, 5) is 15.5. The number of benzene rings is 2. The molecule has 0 bridgehead atoms. The summed E-state index contributed by atoms with van der Waals surface area (Å²) in [5, 5.41) is 3.74. The predicted molar refractivity (Wildman–Crippen MR) is 89.8 cm³/mol. The van der Waals surface area contributed by atoms with Crippen LogP contribution in [0.1, 0.15) is 10.4 Å². The lowest BCUT2D eigenvalue weighted by molar-refractivity contribution is 0.102. The van der Waals surface area contributed by atoms with Gasteiger partial charge in [0.2, 0.25) is 0 Å². The van der Waals surface area contributed by atoms with Gasteiger partial charge in [-0.25, -0.2) is 0 Å². The molecule has 0 aliphatic rings. The summed E-state index contributed by atoms with van der Waals surface area (Å²) in [7, 11) is 0. The third-order valence-corrected chi connectivity index (χ3v) is 4.01. The van der Waals surface area contributed by atoms with Gasteiger partial charge in [-0.2, -0.15) is 0 Å². The van der Waals surface area contributed by atoms with E-state index >= 15 is 0 Å². The Morgan fingerprint density at radius 3 is 2.80 bits per heavy atom. The van der Waals surface area contributed by atoms with Crippen LogP contribution in [0.3, 0.4) is 0 Å². The number of aromatic nitrogens is 1. The first-order chi connectivity index (χ1) is 9.65. The highest BCUT2D eigenvalue weighted by Gasteiger charge is 2.13. The Morgan fingerprint density at radius 1 is 1.20 bits per heavy atom. The summed E-state index contributed by atoms with van der Waals surface area (Å²) in [6, 6.07) is 13.1. The van der Waals surface area contributed by atoms with Gasteiger partial charge in [-0.15, -0.1) is 0 Å². The maximum Gasteiger partial charge on any atom is 0.257 e. The first-order valence-corrected chi connectivity index (χ1v) is 7.15. The van der Waals surface area contributed by atoms with Gasteiger partial charge >= 0.3 is 0 Å². The molecule has 0 fully saturated rings. The molecule has 1 aromatic heterocycles. The van der Waals surface area contributed by atoms with E-state index in [9.17, 15) is 4.79 Å². The highest BCUT2D eigenvalue weighted by molar-refractivity contribution is 14.1. The number of H-pyrrole nitrogens is 1. The molecule has 0 unspecified atom stereocenters. The molecule has 3 aromatic rings. The van der Waals surface area contributed by atoms with E-state index in [2.05, 4.69) is 32.9 Å². The summed E-state index contributed by atoms with van der Waals surface area (Å²) < 4.78 is 0.998. The van der Waals surface area contributed by atoms with E-state index in [1.807, 2.05) is 30.3 Å². The molecule has 4 N–H and O–H groups in total. The van der Waals surface area contributed by atoms with Crippen LogP contribution in [0.5, 0.6) is 0 Å². The van der Waals surface area contributed by atoms with Crippen molar-refractivity contribution in [1.82, 2.24) is 4.98 Å². The van der Waals surface area contributed by atoms with Crippen LogP contribution in [-0.4, -0.2) is 10.9 Å². The topological polar surface area (TPSA) is 70.9 Å². The quantitative estimate of drug-likeness (QED) is 0.472. The molecule has 2 aromatic carbocycles. The Kier molecular flexibility index (Phi) is 3.35. The molecule has 100 valence electrons. The maximum absolute atomic E-state index is 12.4. The number of amides is 1. The molecule has 0 atom stereocenters. The summed E-state index contributed by atoms with van der Waals surface area (Å²) in [5.41, 5.74) is 8.71. The van der Waals surface area contributed by atoms with E-state index in [1.165, 1.54) is 0 Å². The first kappa shape index (κ1) is 13.0. The number of anilines is 2. The van der Waals surface area contributed by atoms with Gasteiger partial charge in [-0.1, -0.05) is 12.1 Å². The Bertz CT molecular complexity index is 795. The van der Waals surface area contributed by atoms with Crippen LogP contribution >= 0.6 is 22.6 Å². The summed E-state index contributed by atoms with van der Waals surface area (Å²) >= 11 is 2.19. The number of nitrogens with two attached hydrogens (primary N) is 1. The fourth-order valence-corrected chi connectivity index (χ4v) is 2.60. The number of hydrogen-bond donors (Lipinski definition) is 3. The average Bonchev–Trinajstić information content (AvgIpc) is 2.84. The smallest absolute Gasteiger partial charge is 0.257 e. The molecule has 0 spiro atoms. The van der Waals surface area contributed by atoms with Gasteiger partial charge in [0.15, 0.2) is 0 Å². The Labute approximate surface area is 129 Å². The van der Waals surface area contributed by atoms with Gasteiger partial charge in [0.05, 0.1) is 11.3 Å². The number of fused-ring (bicyclic) bond motifs is 1. The average molecular weight is 377 g/mol. The van der Waals surface area contributed by atoms with Crippen LogP contribution in [0.15, 0.2) is 48.7 Å². The molecule has 0 radical (unpaired) electrons. The largest absolute Gasteiger partial charge is 0.399 e. The number of nitrogen functional groups attached to an aromatic ring is 1. The second-order valence-electron chi connectivity index (χ2n) is 4.44. The molecule has 20 heavy (non-hydrogen) atoms. The first-order valence-electron chi connectivity index (χ1n) is 6.07. The molecule has 4 nitrogen and oxygen atoms in total. The third-order valence-electron chi connectivity index (χ3n) is 3.07. The van der Waals surface area contributed by atoms with E-state index in [1.54, 1.807) is 18.3 Å².